The van der Waals surface area contributed by atoms with E-state index in [0.29, 0.717) is 47.1 Å². The van der Waals surface area contributed by atoms with E-state index >= 15 is 0 Å². The van der Waals surface area contributed by atoms with Crippen LogP contribution in [0.3, 0.4) is 0 Å². The quantitative estimate of drug-likeness (QED) is 0.123. The maximum Gasteiger partial charge on any atom is 0.421 e. The summed E-state index contributed by atoms with van der Waals surface area (Å²) < 4.78 is 72.9. The second-order valence-electron chi connectivity index (χ2n) is 10.6. The zero-order valence-corrected chi connectivity index (χ0v) is 25.9. The molecule has 3 aromatic heterocycles. The number of nitrogens with zero attached hydrogens (tertiary/aromatic N) is 4. The number of ether oxygens (including phenoxy) is 1. The van der Waals surface area contributed by atoms with E-state index in [4.69, 9.17) is 13.8 Å². The van der Waals surface area contributed by atoms with Crippen LogP contribution in [0.4, 0.5) is 36.3 Å². The van der Waals surface area contributed by atoms with Gasteiger partial charge in [0.05, 0.1) is 61.2 Å². The maximum absolute atomic E-state index is 14.1. The summed E-state index contributed by atoms with van der Waals surface area (Å²) in [5.74, 6) is -0.650. The SMILES string of the molecule is CCOP(=O)(Cc1ccc(Nc2ncc(C(F)(F)F)c(Nc3cnc(C4CC(O)C4)c4cn(C)c(O)c34)n2)c(OC)c1)OCC. The third-order valence-electron chi connectivity index (χ3n) is 7.42. The van der Waals surface area contributed by atoms with Crippen molar-refractivity contribution in [3.63, 3.8) is 0 Å². The number of hydrogen-bond acceptors (Lipinski definition) is 11. The van der Waals surface area contributed by atoms with Gasteiger partial charge >= 0.3 is 13.8 Å². The van der Waals surface area contributed by atoms with Crippen LogP contribution in [0.5, 0.6) is 11.6 Å². The van der Waals surface area contributed by atoms with Crippen LogP contribution in [0.1, 0.15) is 49.4 Å². The number of halogens is 3. The normalized spacial score (nSPS) is 16.9. The summed E-state index contributed by atoms with van der Waals surface area (Å²) in [5, 5.41) is 27.0. The summed E-state index contributed by atoms with van der Waals surface area (Å²) >= 11 is 0. The average molecular weight is 651 g/mol. The number of anilines is 4. The lowest BCUT2D eigenvalue weighted by Gasteiger charge is -2.31. The number of pyridine rings is 1. The Morgan fingerprint density at radius 2 is 1.80 bits per heavy atom. The van der Waals surface area contributed by atoms with Gasteiger partial charge in [-0.2, -0.15) is 18.2 Å². The fourth-order valence-corrected chi connectivity index (χ4v) is 6.94. The molecule has 242 valence electrons. The second-order valence-corrected chi connectivity index (χ2v) is 12.6. The minimum Gasteiger partial charge on any atom is -0.495 e. The molecule has 4 aromatic rings. The van der Waals surface area contributed by atoms with Crippen LogP contribution in [0.2, 0.25) is 0 Å². The highest BCUT2D eigenvalue weighted by Gasteiger charge is 2.36. The number of hydrogen-bond donors (Lipinski definition) is 4. The third-order valence-corrected chi connectivity index (χ3v) is 9.47. The summed E-state index contributed by atoms with van der Waals surface area (Å²) in [4.78, 5) is 12.5. The minimum atomic E-state index is -4.80. The minimum absolute atomic E-state index is 0.00881. The molecule has 1 fully saturated rings. The Hall–Kier alpha value is -3.91. The molecule has 0 bridgehead atoms. The number of aliphatic hydroxyl groups is 1. The molecule has 0 radical (unpaired) electrons. The van der Waals surface area contributed by atoms with Crippen molar-refractivity contribution in [2.24, 2.45) is 7.05 Å². The highest BCUT2D eigenvalue weighted by atomic mass is 31.2. The van der Waals surface area contributed by atoms with Crippen molar-refractivity contribution >= 4 is 41.5 Å². The summed E-state index contributed by atoms with van der Waals surface area (Å²) in [6.07, 6.45) is -0.587. The number of benzene rings is 1. The largest absolute Gasteiger partial charge is 0.495 e. The van der Waals surface area contributed by atoms with Crippen molar-refractivity contribution in [2.75, 3.05) is 31.0 Å². The Morgan fingerprint density at radius 3 is 2.42 bits per heavy atom. The number of alkyl halides is 3. The van der Waals surface area contributed by atoms with E-state index < -0.39 is 31.3 Å². The van der Waals surface area contributed by atoms with E-state index in [1.165, 1.54) is 17.9 Å². The lowest BCUT2D eigenvalue weighted by atomic mass is 9.79. The molecule has 16 heteroatoms. The predicted octanol–water partition coefficient (Wildman–Crippen LogP) is 6.59. The van der Waals surface area contributed by atoms with Crippen LogP contribution in [0.25, 0.3) is 10.8 Å². The Morgan fingerprint density at radius 1 is 1.09 bits per heavy atom. The number of aryl methyl sites for hydroxylation is 1. The lowest BCUT2D eigenvalue weighted by Crippen LogP contribution is -2.27. The zero-order valence-electron chi connectivity index (χ0n) is 25.1. The molecule has 5 rings (SSSR count). The van der Waals surface area contributed by atoms with Crippen LogP contribution in [0, 0.1) is 0 Å². The number of methoxy groups -OCH3 is 1. The summed E-state index contributed by atoms with van der Waals surface area (Å²) in [5.41, 5.74) is 0.556. The molecule has 0 aliphatic heterocycles. The molecule has 1 aliphatic carbocycles. The van der Waals surface area contributed by atoms with Crippen molar-refractivity contribution in [3.05, 3.63) is 53.6 Å². The number of fused-ring (bicyclic) bond motifs is 1. The van der Waals surface area contributed by atoms with Crippen molar-refractivity contribution in [2.45, 2.75) is 51.0 Å². The van der Waals surface area contributed by atoms with Gasteiger partial charge in [0.25, 0.3) is 0 Å². The molecule has 0 spiro atoms. The van der Waals surface area contributed by atoms with Crippen molar-refractivity contribution in [1.82, 2.24) is 19.5 Å². The first-order valence-corrected chi connectivity index (χ1v) is 16.0. The molecule has 1 aromatic carbocycles. The maximum atomic E-state index is 14.1. The van der Waals surface area contributed by atoms with Crippen molar-refractivity contribution < 1.29 is 41.7 Å². The Labute approximate surface area is 257 Å². The third kappa shape index (κ3) is 6.86. The first kappa shape index (κ1) is 32.5. The van der Waals surface area contributed by atoms with Gasteiger partial charge in [-0.15, -0.1) is 0 Å². The van der Waals surface area contributed by atoms with Gasteiger partial charge in [0.15, 0.2) is 0 Å². The highest BCUT2D eigenvalue weighted by molar-refractivity contribution is 7.53. The fourth-order valence-electron chi connectivity index (χ4n) is 5.25. The van der Waals surface area contributed by atoms with Crippen LogP contribution in [0.15, 0.2) is 36.8 Å². The molecule has 0 atom stereocenters. The fraction of sp³-hybridized carbons (Fsp3) is 0.414. The van der Waals surface area contributed by atoms with E-state index in [2.05, 4.69) is 25.6 Å². The molecule has 1 saturated carbocycles. The monoisotopic (exact) mass is 650 g/mol. The number of nitrogens with one attached hydrogen (secondary N) is 2. The number of rotatable bonds is 12. The van der Waals surface area contributed by atoms with Gasteiger partial charge in [-0.3, -0.25) is 9.55 Å². The molecule has 0 amide bonds. The Kier molecular flexibility index (Phi) is 9.26. The van der Waals surface area contributed by atoms with Gasteiger partial charge in [0, 0.05) is 30.7 Å². The molecule has 12 nitrogen and oxygen atoms in total. The van der Waals surface area contributed by atoms with E-state index in [1.54, 1.807) is 45.3 Å². The van der Waals surface area contributed by atoms with Gasteiger partial charge in [0.1, 0.15) is 17.1 Å². The first-order valence-electron chi connectivity index (χ1n) is 14.2. The Bertz CT molecular complexity index is 1730. The van der Waals surface area contributed by atoms with Crippen LogP contribution >= 0.6 is 7.60 Å². The standard InChI is InChI=1S/C29H34F3N6O6P/c1-5-43-45(41,44-6-2)15-16-7-8-21(23(9-16)42-4)36-28-34-12-20(29(30,31)32)26(37-28)35-22-13-33-25(17-10-18(39)11-17)19-14-38(3)27(40)24(19)22/h7-9,12-14,17-18,39-40H,5-6,10-11,15H2,1-4H3,(H2,34,35,36,37). The van der Waals surface area contributed by atoms with E-state index in [0.717, 1.165) is 0 Å². The molecule has 3 heterocycles. The lowest BCUT2D eigenvalue weighted by molar-refractivity contribution is -0.137. The molecule has 0 unspecified atom stereocenters. The average Bonchev–Trinajstić information content (AvgIpc) is 3.26. The molecule has 1 aliphatic rings. The molecular formula is C29H34F3N6O6P. The topological polar surface area (TPSA) is 153 Å². The Balaban J connectivity index is 1.48. The van der Waals surface area contributed by atoms with E-state index in [1.807, 2.05) is 0 Å². The molecular weight excluding hydrogens is 616 g/mol. The van der Waals surface area contributed by atoms with Gasteiger partial charge in [0.2, 0.25) is 11.8 Å². The van der Waals surface area contributed by atoms with Gasteiger partial charge < -0.3 is 39.2 Å². The van der Waals surface area contributed by atoms with Crippen molar-refractivity contribution in [1.29, 1.82) is 0 Å². The van der Waals surface area contributed by atoms with Crippen molar-refractivity contribution in [3.8, 4) is 11.6 Å². The first-order chi connectivity index (χ1) is 21.4. The highest BCUT2D eigenvalue weighted by Crippen LogP contribution is 2.52. The van der Waals surface area contributed by atoms with E-state index in [-0.39, 0.29) is 48.2 Å². The van der Waals surface area contributed by atoms with Gasteiger partial charge in [-0.05, 0) is 44.4 Å². The van der Waals surface area contributed by atoms with Crippen LogP contribution in [-0.4, -0.2) is 56.2 Å². The number of aliphatic hydroxyl groups excluding tert-OH is 1. The van der Waals surface area contributed by atoms with Crippen LogP contribution < -0.4 is 15.4 Å². The molecule has 45 heavy (non-hydrogen) atoms. The summed E-state index contributed by atoms with van der Waals surface area (Å²) in [6, 6.07) is 4.86. The number of aromatic hydroxyl groups is 1. The number of aromatic nitrogens is 4. The second kappa shape index (κ2) is 12.8. The van der Waals surface area contributed by atoms with Crippen LogP contribution in [-0.2, 0) is 33.0 Å². The summed E-state index contributed by atoms with van der Waals surface area (Å²) in [6.45, 7) is 3.83. The smallest absolute Gasteiger partial charge is 0.421 e. The molecule has 4 N–H and O–H groups in total. The van der Waals surface area contributed by atoms with E-state index in [9.17, 15) is 27.9 Å². The molecule has 0 saturated heterocycles. The van der Waals surface area contributed by atoms with Gasteiger partial charge in [-0.1, -0.05) is 6.07 Å². The van der Waals surface area contributed by atoms with Gasteiger partial charge in [-0.25, -0.2) is 4.98 Å². The predicted molar refractivity (Wildman–Crippen MR) is 162 cm³/mol. The summed E-state index contributed by atoms with van der Waals surface area (Å²) in [7, 11) is -0.376. The zero-order chi connectivity index (χ0) is 32.5.